The zero-order chi connectivity index (χ0) is 10.2. The second kappa shape index (κ2) is 2.87. The summed E-state index contributed by atoms with van der Waals surface area (Å²) in [4.78, 5) is 10.2. The molecule has 1 aromatic rings. The van der Waals surface area contributed by atoms with Crippen LogP contribution in [-0.2, 0) is 12.5 Å². The Hall–Kier alpha value is -1.32. The Morgan fingerprint density at radius 3 is 2.15 bits per heavy atom. The van der Waals surface area contributed by atoms with Gasteiger partial charge in [-0.3, -0.25) is 0 Å². The van der Waals surface area contributed by atoms with E-state index in [0.29, 0.717) is 0 Å². The monoisotopic (exact) mass is 182 g/mol. The van der Waals surface area contributed by atoms with Crippen LogP contribution in [0.1, 0.15) is 26.5 Å². The van der Waals surface area contributed by atoms with Gasteiger partial charge in [-0.2, -0.15) is 0 Å². The predicted molar refractivity (Wildman–Crippen MR) is 50.8 cm³/mol. The molecule has 4 heteroatoms. The van der Waals surface area contributed by atoms with E-state index in [4.69, 9.17) is 0 Å². The third kappa shape index (κ3) is 1.71. The van der Waals surface area contributed by atoms with Crippen molar-refractivity contribution in [3.8, 4) is 0 Å². The first-order chi connectivity index (χ1) is 5.84. The van der Waals surface area contributed by atoms with Gasteiger partial charge in [0.2, 0.25) is 0 Å². The molecular weight excluding hydrogens is 168 g/mol. The number of nitro groups is 1. The van der Waals surface area contributed by atoms with Crippen LogP contribution in [0, 0.1) is 10.1 Å². The van der Waals surface area contributed by atoms with E-state index in [9.17, 15) is 10.1 Å². The van der Waals surface area contributed by atoms with Gasteiger partial charge in [-0.15, -0.1) is 0 Å². The summed E-state index contributed by atoms with van der Waals surface area (Å²) in [6.45, 7) is 6.10. The van der Waals surface area contributed by atoms with Gasteiger partial charge in [-0.05, 0) is 11.0 Å². The van der Waals surface area contributed by atoms with Crippen LogP contribution >= 0.6 is 0 Å². The normalized spacial score (nSPS) is 11.7. The molecule has 1 aromatic heterocycles. The number of nitrogens with zero attached hydrogens (tertiary/aromatic N) is 2. The van der Waals surface area contributed by atoms with Gasteiger partial charge in [0.05, 0.1) is 7.05 Å². The SMILES string of the molecule is Cn1c([N+](=O)[O-])ccc1C(C)(C)C. The van der Waals surface area contributed by atoms with Gasteiger partial charge in [0.1, 0.15) is 5.69 Å². The molecule has 0 aliphatic carbocycles. The molecule has 0 radical (unpaired) electrons. The van der Waals surface area contributed by atoms with Gasteiger partial charge >= 0.3 is 5.82 Å². The van der Waals surface area contributed by atoms with Crippen molar-refractivity contribution >= 4 is 5.82 Å². The summed E-state index contributed by atoms with van der Waals surface area (Å²) in [6, 6.07) is 3.35. The minimum atomic E-state index is -0.366. The molecule has 0 aliphatic rings. The highest BCUT2D eigenvalue weighted by molar-refractivity contribution is 5.30. The Balaban J connectivity index is 3.22. The van der Waals surface area contributed by atoms with Crippen molar-refractivity contribution < 1.29 is 4.92 Å². The first kappa shape index (κ1) is 9.77. The standard InChI is InChI=1S/C9H14N2O2/c1-9(2,3)7-5-6-8(10(7)4)11(12)13/h5-6H,1-4H3. The quantitative estimate of drug-likeness (QED) is 0.494. The summed E-state index contributed by atoms with van der Waals surface area (Å²) >= 11 is 0. The van der Waals surface area contributed by atoms with Gasteiger partial charge in [0, 0.05) is 11.5 Å². The van der Waals surface area contributed by atoms with Gasteiger partial charge in [0.15, 0.2) is 0 Å². The molecule has 4 nitrogen and oxygen atoms in total. The Kier molecular flexibility index (Phi) is 2.15. The lowest BCUT2D eigenvalue weighted by Gasteiger charge is -2.15. The molecule has 0 N–H and O–H groups in total. The molecule has 0 saturated carbocycles. The van der Waals surface area contributed by atoms with E-state index >= 15 is 0 Å². The summed E-state index contributed by atoms with van der Waals surface area (Å²) in [6.07, 6.45) is 0. The molecule has 0 unspecified atom stereocenters. The highest BCUT2D eigenvalue weighted by Gasteiger charge is 2.24. The van der Waals surface area contributed by atoms with E-state index in [2.05, 4.69) is 0 Å². The molecule has 1 rings (SSSR count). The van der Waals surface area contributed by atoms with Crippen molar-refractivity contribution in [3.05, 3.63) is 27.9 Å². The number of rotatable bonds is 1. The fourth-order valence-electron chi connectivity index (χ4n) is 1.44. The zero-order valence-electron chi connectivity index (χ0n) is 8.37. The Morgan fingerprint density at radius 2 is 1.92 bits per heavy atom. The highest BCUT2D eigenvalue weighted by atomic mass is 16.6. The topological polar surface area (TPSA) is 48.1 Å². The Morgan fingerprint density at radius 1 is 1.38 bits per heavy atom. The summed E-state index contributed by atoms with van der Waals surface area (Å²) in [7, 11) is 1.72. The van der Waals surface area contributed by atoms with E-state index in [-0.39, 0.29) is 16.2 Å². The maximum Gasteiger partial charge on any atom is 0.323 e. The fraction of sp³-hybridized carbons (Fsp3) is 0.556. The van der Waals surface area contributed by atoms with Gasteiger partial charge in [-0.1, -0.05) is 20.8 Å². The minimum Gasteiger partial charge on any atom is -0.358 e. The van der Waals surface area contributed by atoms with Crippen LogP contribution in [0.5, 0.6) is 0 Å². The maximum absolute atomic E-state index is 10.5. The Bertz CT molecular complexity index is 334. The summed E-state index contributed by atoms with van der Waals surface area (Å²) in [5.74, 6) is 0.143. The molecule has 0 spiro atoms. The molecule has 1 heterocycles. The Labute approximate surface area is 77.3 Å². The van der Waals surface area contributed by atoms with Crippen LogP contribution in [0.15, 0.2) is 12.1 Å². The van der Waals surface area contributed by atoms with Crippen molar-refractivity contribution in [1.82, 2.24) is 4.57 Å². The van der Waals surface area contributed by atoms with Crippen molar-refractivity contribution in [1.29, 1.82) is 0 Å². The van der Waals surface area contributed by atoms with Crippen LogP contribution in [0.2, 0.25) is 0 Å². The number of hydrogen-bond acceptors (Lipinski definition) is 2. The van der Waals surface area contributed by atoms with Crippen LogP contribution < -0.4 is 0 Å². The number of hydrogen-bond donors (Lipinski definition) is 0. The van der Waals surface area contributed by atoms with Crippen molar-refractivity contribution in [2.45, 2.75) is 26.2 Å². The van der Waals surface area contributed by atoms with Crippen LogP contribution in [0.25, 0.3) is 0 Å². The van der Waals surface area contributed by atoms with Gasteiger partial charge in [0.25, 0.3) is 0 Å². The largest absolute Gasteiger partial charge is 0.358 e. The third-order valence-corrected chi connectivity index (χ3v) is 2.05. The second-order valence-corrected chi connectivity index (χ2v) is 4.14. The molecule has 0 bridgehead atoms. The third-order valence-electron chi connectivity index (χ3n) is 2.05. The molecule has 0 fully saturated rings. The number of aromatic nitrogens is 1. The summed E-state index contributed by atoms with van der Waals surface area (Å²) in [5.41, 5.74) is 0.919. The average molecular weight is 182 g/mol. The molecule has 13 heavy (non-hydrogen) atoms. The zero-order valence-corrected chi connectivity index (χ0v) is 8.37. The summed E-state index contributed by atoms with van der Waals surface area (Å²) in [5, 5.41) is 10.5. The highest BCUT2D eigenvalue weighted by Crippen LogP contribution is 2.26. The lowest BCUT2D eigenvalue weighted by molar-refractivity contribution is -0.391. The van der Waals surface area contributed by atoms with Gasteiger partial charge in [-0.25, -0.2) is 4.57 Å². The van der Waals surface area contributed by atoms with Crippen molar-refractivity contribution in [3.63, 3.8) is 0 Å². The lowest BCUT2D eigenvalue weighted by Crippen LogP contribution is -2.16. The van der Waals surface area contributed by atoms with E-state index < -0.39 is 0 Å². The van der Waals surface area contributed by atoms with E-state index in [0.717, 1.165) is 5.69 Å². The van der Waals surface area contributed by atoms with E-state index in [1.54, 1.807) is 23.7 Å². The first-order valence-corrected chi connectivity index (χ1v) is 4.14. The molecule has 0 saturated heterocycles. The molecule has 0 atom stereocenters. The molecule has 0 aliphatic heterocycles. The average Bonchev–Trinajstić information content (AvgIpc) is 2.28. The minimum absolute atomic E-state index is 0.0526. The molecular formula is C9H14N2O2. The second-order valence-electron chi connectivity index (χ2n) is 4.14. The molecule has 0 aromatic carbocycles. The van der Waals surface area contributed by atoms with Gasteiger partial charge < -0.3 is 10.1 Å². The lowest BCUT2D eigenvalue weighted by atomic mass is 9.92. The first-order valence-electron chi connectivity index (χ1n) is 4.14. The van der Waals surface area contributed by atoms with Crippen LogP contribution in [-0.4, -0.2) is 9.49 Å². The smallest absolute Gasteiger partial charge is 0.323 e. The molecule has 72 valence electrons. The fourth-order valence-corrected chi connectivity index (χ4v) is 1.44. The van der Waals surface area contributed by atoms with Crippen molar-refractivity contribution in [2.75, 3.05) is 0 Å². The van der Waals surface area contributed by atoms with E-state index in [1.807, 2.05) is 20.8 Å². The predicted octanol–water partition coefficient (Wildman–Crippen LogP) is 2.23. The van der Waals surface area contributed by atoms with E-state index in [1.165, 1.54) is 0 Å². The van der Waals surface area contributed by atoms with Crippen LogP contribution in [0.4, 0.5) is 5.82 Å². The van der Waals surface area contributed by atoms with Crippen molar-refractivity contribution in [2.24, 2.45) is 7.05 Å². The molecule has 0 amide bonds. The van der Waals surface area contributed by atoms with Crippen LogP contribution in [0.3, 0.4) is 0 Å². The maximum atomic E-state index is 10.5. The summed E-state index contributed by atoms with van der Waals surface area (Å²) < 4.78 is 1.62.